The van der Waals surface area contributed by atoms with Gasteiger partial charge in [-0.15, -0.1) is 0 Å². The molecule has 0 spiro atoms. The van der Waals surface area contributed by atoms with Crippen molar-refractivity contribution < 1.29 is 22.7 Å². The molecular weight excluding hydrogens is 321 g/mol. The van der Waals surface area contributed by atoms with Crippen molar-refractivity contribution in [2.45, 2.75) is 18.3 Å². The second-order valence-electron chi connectivity index (χ2n) is 5.75. The van der Waals surface area contributed by atoms with Gasteiger partial charge in [-0.1, -0.05) is 30.3 Å². The van der Waals surface area contributed by atoms with Gasteiger partial charge in [-0.3, -0.25) is 4.90 Å². The SMILES string of the molecule is O=C1NCC2C(c3ccccc3)Oc3ccc(C(F)(F)F)cc3N12. The number of hydrogen-bond acceptors (Lipinski definition) is 2. The van der Waals surface area contributed by atoms with Crippen LogP contribution in [0.2, 0.25) is 0 Å². The lowest BCUT2D eigenvalue weighted by Gasteiger charge is -2.37. The number of ether oxygens (including phenoxy) is 1. The van der Waals surface area contributed by atoms with E-state index in [4.69, 9.17) is 4.74 Å². The number of nitrogens with one attached hydrogen (secondary N) is 1. The maximum absolute atomic E-state index is 13.0. The zero-order chi connectivity index (χ0) is 16.9. The Morgan fingerprint density at radius 3 is 2.58 bits per heavy atom. The van der Waals surface area contributed by atoms with E-state index in [9.17, 15) is 18.0 Å². The normalized spacial score (nSPS) is 22.5. The van der Waals surface area contributed by atoms with Crippen molar-refractivity contribution in [2.75, 3.05) is 11.4 Å². The van der Waals surface area contributed by atoms with Crippen molar-refractivity contribution >= 4 is 11.7 Å². The number of benzene rings is 2. The fourth-order valence-corrected chi connectivity index (χ4v) is 3.18. The molecule has 2 aliphatic rings. The van der Waals surface area contributed by atoms with Gasteiger partial charge in [-0.2, -0.15) is 13.2 Å². The van der Waals surface area contributed by atoms with Gasteiger partial charge in [0.05, 0.1) is 17.3 Å². The average molecular weight is 334 g/mol. The van der Waals surface area contributed by atoms with Gasteiger partial charge >= 0.3 is 12.2 Å². The predicted molar refractivity (Wildman–Crippen MR) is 80.9 cm³/mol. The lowest BCUT2D eigenvalue weighted by molar-refractivity contribution is -0.137. The minimum atomic E-state index is -4.48. The van der Waals surface area contributed by atoms with Crippen LogP contribution >= 0.6 is 0 Å². The second-order valence-corrected chi connectivity index (χ2v) is 5.75. The number of urea groups is 1. The summed E-state index contributed by atoms with van der Waals surface area (Å²) in [5.41, 5.74) is 0.216. The van der Waals surface area contributed by atoms with Gasteiger partial charge in [-0.05, 0) is 23.8 Å². The van der Waals surface area contributed by atoms with Crippen LogP contribution in [0.4, 0.5) is 23.7 Å². The van der Waals surface area contributed by atoms with Crippen molar-refractivity contribution in [3.05, 3.63) is 59.7 Å². The Balaban J connectivity index is 1.81. The summed E-state index contributed by atoms with van der Waals surface area (Å²) in [7, 11) is 0. The van der Waals surface area contributed by atoms with Crippen molar-refractivity contribution in [1.29, 1.82) is 0 Å². The number of amides is 2. The van der Waals surface area contributed by atoms with Gasteiger partial charge in [0.15, 0.2) is 0 Å². The van der Waals surface area contributed by atoms with Crippen LogP contribution in [0, 0.1) is 0 Å². The summed E-state index contributed by atoms with van der Waals surface area (Å²) in [5, 5.41) is 2.69. The van der Waals surface area contributed by atoms with Crippen LogP contribution < -0.4 is 15.0 Å². The molecule has 1 saturated heterocycles. The number of halogens is 3. The number of carbonyl (C=O) groups excluding carboxylic acids is 1. The third kappa shape index (κ3) is 2.28. The Morgan fingerprint density at radius 1 is 1.12 bits per heavy atom. The third-order valence-corrected chi connectivity index (χ3v) is 4.29. The van der Waals surface area contributed by atoms with Crippen LogP contribution in [0.25, 0.3) is 0 Å². The van der Waals surface area contributed by atoms with Crippen molar-refractivity contribution in [3.8, 4) is 5.75 Å². The summed E-state index contributed by atoms with van der Waals surface area (Å²) >= 11 is 0. The highest BCUT2D eigenvalue weighted by Crippen LogP contribution is 2.45. The molecule has 0 aromatic heterocycles. The van der Waals surface area contributed by atoms with Crippen LogP contribution in [0.5, 0.6) is 5.75 Å². The van der Waals surface area contributed by atoms with E-state index in [2.05, 4.69) is 5.32 Å². The first-order valence-corrected chi connectivity index (χ1v) is 7.45. The highest BCUT2D eigenvalue weighted by molar-refractivity contribution is 5.97. The molecule has 1 N–H and O–H groups in total. The average Bonchev–Trinajstić information content (AvgIpc) is 2.96. The topological polar surface area (TPSA) is 41.6 Å². The molecule has 2 atom stereocenters. The number of carbonyl (C=O) groups is 1. The third-order valence-electron chi connectivity index (χ3n) is 4.29. The largest absolute Gasteiger partial charge is 0.481 e. The molecule has 2 unspecified atom stereocenters. The summed E-state index contributed by atoms with van der Waals surface area (Å²) in [6.07, 6.45) is -4.91. The molecule has 2 amide bonds. The highest BCUT2D eigenvalue weighted by Gasteiger charge is 2.45. The van der Waals surface area contributed by atoms with Crippen LogP contribution in [0.15, 0.2) is 48.5 Å². The van der Waals surface area contributed by atoms with E-state index in [0.717, 1.165) is 17.7 Å². The monoisotopic (exact) mass is 334 g/mol. The van der Waals surface area contributed by atoms with Crippen LogP contribution in [-0.4, -0.2) is 18.6 Å². The van der Waals surface area contributed by atoms with E-state index in [1.165, 1.54) is 11.0 Å². The van der Waals surface area contributed by atoms with E-state index in [1.54, 1.807) is 0 Å². The zero-order valence-electron chi connectivity index (χ0n) is 12.4. The number of fused-ring (bicyclic) bond motifs is 3. The second kappa shape index (κ2) is 5.15. The number of alkyl halides is 3. The van der Waals surface area contributed by atoms with E-state index in [0.29, 0.717) is 6.54 Å². The quantitative estimate of drug-likeness (QED) is 0.863. The van der Waals surface area contributed by atoms with Crippen LogP contribution in [-0.2, 0) is 6.18 Å². The summed E-state index contributed by atoms with van der Waals surface area (Å²) in [6, 6.07) is 11.7. The van der Waals surface area contributed by atoms with Gasteiger partial charge in [0.25, 0.3) is 0 Å². The summed E-state index contributed by atoms with van der Waals surface area (Å²) < 4.78 is 44.9. The fraction of sp³-hybridized carbons (Fsp3) is 0.235. The Hall–Kier alpha value is -2.70. The molecule has 4 rings (SSSR count). The summed E-state index contributed by atoms with van der Waals surface area (Å²) in [6.45, 7) is 0.314. The van der Waals surface area contributed by atoms with Gasteiger partial charge in [0, 0.05) is 6.54 Å². The Kier molecular flexibility index (Phi) is 3.19. The molecular formula is C17H13F3N2O2. The number of hydrogen-bond donors (Lipinski definition) is 1. The number of nitrogens with zero attached hydrogens (tertiary/aromatic N) is 1. The van der Waals surface area contributed by atoms with E-state index in [1.807, 2.05) is 30.3 Å². The van der Waals surface area contributed by atoms with Gasteiger partial charge in [-0.25, -0.2) is 4.79 Å². The van der Waals surface area contributed by atoms with Crippen molar-refractivity contribution in [2.24, 2.45) is 0 Å². The molecule has 4 nitrogen and oxygen atoms in total. The first kappa shape index (κ1) is 14.9. The molecule has 1 fully saturated rings. The van der Waals surface area contributed by atoms with E-state index < -0.39 is 29.9 Å². The minimum Gasteiger partial charge on any atom is -0.481 e. The Morgan fingerprint density at radius 2 is 1.88 bits per heavy atom. The molecule has 24 heavy (non-hydrogen) atoms. The first-order chi connectivity index (χ1) is 11.4. The van der Waals surface area contributed by atoms with Gasteiger partial charge in [0.1, 0.15) is 11.9 Å². The number of anilines is 1. The summed E-state index contributed by atoms with van der Waals surface area (Å²) in [4.78, 5) is 13.6. The van der Waals surface area contributed by atoms with Gasteiger partial charge < -0.3 is 10.1 Å². The molecule has 0 aliphatic carbocycles. The van der Waals surface area contributed by atoms with Crippen molar-refractivity contribution in [3.63, 3.8) is 0 Å². The Labute approximate surface area is 135 Å². The first-order valence-electron chi connectivity index (χ1n) is 7.45. The smallest absolute Gasteiger partial charge is 0.416 e. The molecule has 7 heteroatoms. The number of rotatable bonds is 1. The fourth-order valence-electron chi connectivity index (χ4n) is 3.18. The maximum atomic E-state index is 13.0. The highest BCUT2D eigenvalue weighted by atomic mass is 19.4. The molecule has 0 saturated carbocycles. The minimum absolute atomic E-state index is 0.150. The Bertz CT molecular complexity index is 792. The lowest BCUT2D eigenvalue weighted by Crippen LogP contribution is -2.43. The van der Waals surface area contributed by atoms with Crippen LogP contribution in [0.3, 0.4) is 0 Å². The lowest BCUT2D eigenvalue weighted by atomic mass is 9.98. The molecule has 0 bridgehead atoms. The molecule has 2 aromatic rings. The molecule has 2 aromatic carbocycles. The summed E-state index contributed by atoms with van der Waals surface area (Å²) in [5.74, 6) is 0.269. The maximum Gasteiger partial charge on any atom is 0.416 e. The zero-order valence-corrected chi connectivity index (χ0v) is 12.4. The predicted octanol–water partition coefficient (Wildman–Crippen LogP) is 3.74. The van der Waals surface area contributed by atoms with Crippen LogP contribution in [0.1, 0.15) is 17.2 Å². The van der Waals surface area contributed by atoms with Crippen molar-refractivity contribution in [1.82, 2.24) is 5.32 Å². The molecule has 124 valence electrons. The molecule has 2 aliphatic heterocycles. The van der Waals surface area contributed by atoms with E-state index in [-0.39, 0.29) is 11.4 Å². The van der Waals surface area contributed by atoms with E-state index >= 15 is 0 Å². The standard InChI is InChI=1S/C17H13F3N2O2/c18-17(19,20)11-6-7-14-12(8-11)22-13(9-21-16(22)23)15(24-14)10-4-2-1-3-5-10/h1-8,13,15H,9H2,(H,21,23). The molecule has 2 heterocycles. The van der Waals surface area contributed by atoms with Gasteiger partial charge in [0.2, 0.25) is 0 Å². The molecule has 0 radical (unpaired) electrons.